The molecule has 3 aliphatic rings. The van der Waals surface area contributed by atoms with E-state index in [0.29, 0.717) is 11.3 Å². The van der Waals surface area contributed by atoms with Gasteiger partial charge in [0.2, 0.25) is 12.5 Å². The molecule has 1 saturated carbocycles. The number of esters is 1. The number of epoxide rings is 1. The van der Waals surface area contributed by atoms with Gasteiger partial charge in [-0.15, -0.1) is 0 Å². The van der Waals surface area contributed by atoms with Gasteiger partial charge in [0.1, 0.15) is 36.1 Å². The highest BCUT2D eigenvalue weighted by atomic mass is 16.7. The summed E-state index contributed by atoms with van der Waals surface area (Å²) in [6, 6.07) is 9.89. The van der Waals surface area contributed by atoms with Crippen molar-refractivity contribution in [1.29, 1.82) is 0 Å². The number of alkyl carbamates (subject to hydrolysis) is 1. The number of nitrogens with one attached hydrogen (secondary N) is 1. The fourth-order valence-corrected chi connectivity index (χ4v) is 4.99. The molecule has 6 atom stereocenters. The topological polar surface area (TPSA) is 145 Å². The van der Waals surface area contributed by atoms with Crippen molar-refractivity contribution in [2.75, 3.05) is 13.9 Å². The van der Waals surface area contributed by atoms with Crippen molar-refractivity contribution >= 4 is 12.1 Å². The van der Waals surface area contributed by atoms with Crippen molar-refractivity contribution in [1.82, 2.24) is 5.32 Å². The van der Waals surface area contributed by atoms with E-state index in [2.05, 4.69) is 5.32 Å². The largest absolute Gasteiger partial charge is 0.484 e. The van der Waals surface area contributed by atoms with Gasteiger partial charge < -0.3 is 44.0 Å². The molecule has 2 aromatic rings. The zero-order valence-electron chi connectivity index (χ0n) is 21.5. The quantitative estimate of drug-likeness (QED) is 0.376. The predicted molar refractivity (Wildman–Crippen MR) is 131 cm³/mol. The van der Waals surface area contributed by atoms with Gasteiger partial charge in [-0.1, -0.05) is 30.3 Å². The average molecular weight is 530 g/mol. The molecule has 0 bridgehead atoms. The standard InChI is InChI=1S/C27H31NO10/c1-27(2,3)38-26(32)28-18-16(23-24(37-23)20(30)19(18)29)14-10-15-21(36-12-35-15)22(17(14)25(31)33-4)34-11-13-8-6-5-7-9-13/h5-10,16,18-20,23-24,29-30H,11-12H2,1-4H3,(H,28,32)/t16-,18-,19+,20+,23-,24+/m1/s1. The van der Waals surface area contributed by atoms with Crippen LogP contribution in [0.1, 0.15) is 48.2 Å². The summed E-state index contributed by atoms with van der Waals surface area (Å²) in [7, 11) is 1.24. The fraction of sp³-hybridized carbons (Fsp3) is 0.481. The summed E-state index contributed by atoms with van der Waals surface area (Å²) >= 11 is 0. The van der Waals surface area contributed by atoms with Gasteiger partial charge in [-0.3, -0.25) is 0 Å². The Morgan fingerprint density at radius 2 is 1.82 bits per heavy atom. The monoisotopic (exact) mass is 529 g/mol. The van der Waals surface area contributed by atoms with Gasteiger partial charge in [0.05, 0.1) is 19.3 Å². The summed E-state index contributed by atoms with van der Waals surface area (Å²) < 4.78 is 33.7. The third-order valence-electron chi connectivity index (χ3n) is 6.66. The molecule has 1 amide bonds. The maximum atomic E-state index is 13.2. The number of carbonyl (C=O) groups is 2. The van der Waals surface area contributed by atoms with Gasteiger partial charge in [0.15, 0.2) is 11.5 Å². The van der Waals surface area contributed by atoms with Crippen molar-refractivity contribution < 1.29 is 48.2 Å². The van der Waals surface area contributed by atoms with E-state index in [-0.39, 0.29) is 30.5 Å². The second kappa shape index (κ2) is 9.97. The van der Waals surface area contributed by atoms with E-state index in [4.69, 9.17) is 28.4 Å². The van der Waals surface area contributed by atoms with Gasteiger partial charge in [0.25, 0.3) is 0 Å². The molecule has 204 valence electrons. The first-order valence-electron chi connectivity index (χ1n) is 12.3. The minimum Gasteiger partial charge on any atom is -0.484 e. The molecule has 0 spiro atoms. The minimum atomic E-state index is -1.42. The van der Waals surface area contributed by atoms with E-state index in [9.17, 15) is 19.8 Å². The van der Waals surface area contributed by atoms with Crippen LogP contribution in [0, 0.1) is 0 Å². The lowest BCUT2D eigenvalue weighted by atomic mass is 9.75. The first-order chi connectivity index (χ1) is 18.1. The molecule has 11 nitrogen and oxygen atoms in total. The number of rotatable bonds is 6. The number of hydrogen-bond donors (Lipinski definition) is 3. The lowest BCUT2D eigenvalue weighted by Gasteiger charge is -2.37. The zero-order chi connectivity index (χ0) is 27.2. The second-order valence-electron chi connectivity index (χ2n) is 10.4. The summed E-state index contributed by atoms with van der Waals surface area (Å²) in [5.41, 5.74) is 0.452. The van der Waals surface area contributed by atoms with E-state index in [0.717, 1.165) is 5.56 Å². The van der Waals surface area contributed by atoms with E-state index in [1.165, 1.54) is 7.11 Å². The number of fused-ring (bicyclic) bond motifs is 2. The van der Waals surface area contributed by atoms with Crippen LogP contribution < -0.4 is 19.5 Å². The van der Waals surface area contributed by atoms with E-state index < -0.39 is 54.0 Å². The number of ether oxygens (including phenoxy) is 6. The Kier molecular flexibility index (Phi) is 6.84. The maximum absolute atomic E-state index is 13.2. The van der Waals surface area contributed by atoms with Crippen LogP contribution in [0.5, 0.6) is 17.2 Å². The number of aliphatic hydroxyl groups excluding tert-OH is 2. The van der Waals surface area contributed by atoms with Crippen molar-refractivity contribution in [3.63, 3.8) is 0 Å². The predicted octanol–water partition coefficient (Wildman–Crippen LogP) is 2.26. The van der Waals surface area contributed by atoms with Crippen molar-refractivity contribution in [3.8, 4) is 17.2 Å². The molecule has 2 fully saturated rings. The van der Waals surface area contributed by atoms with Crippen LogP contribution in [0.25, 0.3) is 0 Å². The molecule has 0 radical (unpaired) electrons. The first-order valence-corrected chi connectivity index (χ1v) is 12.3. The third kappa shape index (κ3) is 4.96. The highest BCUT2D eigenvalue weighted by molar-refractivity contribution is 5.96. The Labute approximate surface area is 219 Å². The van der Waals surface area contributed by atoms with Crippen LogP contribution in [0.15, 0.2) is 36.4 Å². The molecule has 1 aliphatic carbocycles. The van der Waals surface area contributed by atoms with Gasteiger partial charge >= 0.3 is 12.1 Å². The molecular weight excluding hydrogens is 498 g/mol. The third-order valence-corrected chi connectivity index (χ3v) is 6.66. The molecule has 11 heteroatoms. The summed E-state index contributed by atoms with van der Waals surface area (Å²) in [5.74, 6) is -0.820. The molecule has 5 rings (SSSR count). The molecule has 0 unspecified atom stereocenters. The first kappa shape index (κ1) is 26.1. The summed E-state index contributed by atoms with van der Waals surface area (Å²) in [5, 5.41) is 24.3. The Morgan fingerprint density at radius 1 is 1.08 bits per heavy atom. The van der Waals surface area contributed by atoms with Gasteiger partial charge in [-0.25, -0.2) is 9.59 Å². The van der Waals surface area contributed by atoms with Crippen LogP contribution in [-0.2, 0) is 20.8 Å². The van der Waals surface area contributed by atoms with Crippen LogP contribution in [0.2, 0.25) is 0 Å². The second-order valence-corrected chi connectivity index (χ2v) is 10.4. The molecule has 2 aliphatic heterocycles. The lowest BCUT2D eigenvalue weighted by Crippen LogP contribution is -2.58. The Balaban J connectivity index is 1.59. The Bertz CT molecular complexity index is 1210. The highest BCUT2D eigenvalue weighted by Gasteiger charge is 2.62. The molecule has 0 aromatic heterocycles. The number of hydrogen-bond acceptors (Lipinski definition) is 10. The smallest absolute Gasteiger partial charge is 0.407 e. The molecule has 2 aromatic carbocycles. The molecular formula is C27H31NO10. The average Bonchev–Trinajstić information content (AvgIpc) is 3.52. The van der Waals surface area contributed by atoms with Crippen LogP contribution >= 0.6 is 0 Å². The van der Waals surface area contributed by atoms with Crippen molar-refractivity contribution in [3.05, 3.63) is 53.1 Å². The fourth-order valence-electron chi connectivity index (χ4n) is 4.99. The van der Waals surface area contributed by atoms with Crippen molar-refractivity contribution in [2.24, 2.45) is 0 Å². The highest BCUT2D eigenvalue weighted by Crippen LogP contribution is 2.53. The van der Waals surface area contributed by atoms with E-state index in [1.807, 2.05) is 30.3 Å². The van der Waals surface area contributed by atoms with Crippen molar-refractivity contribution in [2.45, 2.75) is 69.4 Å². The zero-order valence-corrected chi connectivity index (χ0v) is 21.5. The van der Waals surface area contributed by atoms with Crippen LogP contribution in [0.4, 0.5) is 4.79 Å². The number of aliphatic hydroxyl groups is 2. The van der Waals surface area contributed by atoms with Gasteiger partial charge in [0, 0.05) is 5.92 Å². The van der Waals surface area contributed by atoms with Gasteiger partial charge in [-0.05, 0) is 38.0 Å². The van der Waals surface area contributed by atoms with Gasteiger partial charge in [-0.2, -0.15) is 0 Å². The summed E-state index contributed by atoms with van der Waals surface area (Å²) in [6.45, 7) is 5.16. The normalized spacial score (nSPS) is 27.2. The lowest BCUT2D eigenvalue weighted by molar-refractivity contribution is -0.0317. The number of methoxy groups -OCH3 is 1. The Hall–Kier alpha value is -3.54. The van der Waals surface area contributed by atoms with Crippen LogP contribution in [0.3, 0.4) is 0 Å². The molecule has 38 heavy (non-hydrogen) atoms. The summed E-state index contributed by atoms with van der Waals surface area (Å²) in [6.07, 6.45) is -4.75. The molecule has 2 heterocycles. The van der Waals surface area contributed by atoms with E-state index >= 15 is 0 Å². The molecule has 1 saturated heterocycles. The maximum Gasteiger partial charge on any atom is 0.407 e. The number of carbonyl (C=O) groups excluding carboxylic acids is 2. The SMILES string of the molecule is COC(=O)c1c([C@@H]2[C@@H](NC(=O)OC(C)(C)C)[C@H](O)[C@H](O)[C@@H]3O[C@@H]32)cc2c(c1OCc1ccccc1)OCO2. The van der Waals surface area contributed by atoms with E-state index in [1.54, 1.807) is 26.8 Å². The molecule has 3 N–H and O–H groups in total. The minimum absolute atomic E-state index is 0.0477. The Morgan fingerprint density at radius 3 is 2.50 bits per heavy atom. The van der Waals surface area contributed by atoms with Crippen LogP contribution in [-0.4, -0.2) is 72.2 Å². The number of benzene rings is 2. The summed E-state index contributed by atoms with van der Waals surface area (Å²) in [4.78, 5) is 26.0. The number of amides is 1.